The predicted molar refractivity (Wildman–Crippen MR) is 67.8 cm³/mol. The Morgan fingerprint density at radius 2 is 1.88 bits per heavy atom. The molecule has 0 bridgehead atoms. The summed E-state index contributed by atoms with van der Waals surface area (Å²) in [7, 11) is 0. The first-order valence-corrected chi connectivity index (χ1v) is 5.78. The number of anilines is 1. The van der Waals surface area contributed by atoms with Gasteiger partial charge in [-0.2, -0.15) is 0 Å². The number of hydrogen-bond donors (Lipinski definition) is 1. The molecule has 0 unspecified atom stereocenters. The van der Waals surface area contributed by atoms with E-state index in [2.05, 4.69) is 43.1 Å². The van der Waals surface area contributed by atoms with Gasteiger partial charge in [0.1, 0.15) is 0 Å². The Hall–Kier alpha value is -1.51. The largest absolute Gasteiger partial charge is 0.369 e. The fourth-order valence-corrected chi connectivity index (χ4v) is 2.12. The van der Waals surface area contributed by atoms with Crippen molar-refractivity contribution in [2.45, 2.75) is 39.5 Å². The zero-order valence-corrected chi connectivity index (χ0v) is 10.4. The molecule has 0 spiro atoms. The zero-order valence-electron chi connectivity index (χ0n) is 10.4. The van der Waals surface area contributed by atoms with Gasteiger partial charge in [0.2, 0.25) is 5.95 Å². The first kappa shape index (κ1) is 11.0. The molecule has 3 nitrogen and oxygen atoms in total. The smallest absolute Gasteiger partial charge is 0.204 e. The van der Waals surface area contributed by atoms with Gasteiger partial charge in [0.15, 0.2) is 0 Å². The van der Waals surface area contributed by atoms with Crippen molar-refractivity contribution >= 4 is 11.5 Å². The zero-order chi connectivity index (χ0) is 11.9. The Morgan fingerprint density at radius 3 is 2.44 bits per heavy atom. The summed E-state index contributed by atoms with van der Waals surface area (Å²) >= 11 is 0. The Bertz CT molecular complexity index is 509. The van der Waals surface area contributed by atoms with Crippen LogP contribution < -0.4 is 5.73 Å². The van der Waals surface area contributed by atoms with E-state index in [1.165, 1.54) is 16.8 Å². The monoisotopic (exact) mass is 217 g/mol. The molecule has 0 aromatic carbocycles. The minimum absolute atomic E-state index is 0.450. The Labute approximate surface area is 96.3 Å². The molecule has 2 aromatic heterocycles. The molecule has 0 saturated heterocycles. The number of rotatable bonds is 2. The van der Waals surface area contributed by atoms with E-state index in [1.807, 2.05) is 6.07 Å². The summed E-state index contributed by atoms with van der Waals surface area (Å²) in [4.78, 5) is 4.16. The predicted octanol–water partition coefficient (Wildman–Crippen LogP) is 3.16. The van der Waals surface area contributed by atoms with Crippen molar-refractivity contribution in [2.75, 3.05) is 5.73 Å². The van der Waals surface area contributed by atoms with Crippen molar-refractivity contribution in [3.63, 3.8) is 0 Å². The Balaban J connectivity index is 2.82. The number of nitrogen functional groups attached to an aromatic ring is 1. The molecule has 0 aliphatic rings. The lowest BCUT2D eigenvalue weighted by atomic mass is 10.0. The van der Waals surface area contributed by atoms with Crippen molar-refractivity contribution < 1.29 is 0 Å². The van der Waals surface area contributed by atoms with E-state index in [9.17, 15) is 0 Å². The molecular formula is C13H19N3. The lowest BCUT2D eigenvalue weighted by molar-refractivity contribution is 0.806. The maximum Gasteiger partial charge on any atom is 0.204 e. The highest BCUT2D eigenvalue weighted by atomic mass is 15.1. The van der Waals surface area contributed by atoms with Gasteiger partial charge in [-0.25, -0.2) is 4.98 Å². The number of aromatic nitrogens is 2. The topological polar surface area (TPSA) is 43.3 Å². The van der Waals surface area contributed by atoms with Gasteiger partial charge >= 0.3 is 0 Å². The Kier molecular flexibility index (Phi) is 2.62. The minimum Gasteiger partial charge on any atom is -0.369 e. The molecule has 0 aliphatic heterocycles. The van der Waals surface area contributed by atoms with E-state index in [1.54, 1.807) is 6.20 Å². The van der Waals surface area contributed by atoms with E-state index < -0.39 is 0 Å². The third kappa shape index (κ3) is 1.56. The van der Waals surface area contributed by atoms with Crippen LogP contribution >= 0.6 is 0 Å². The Morgan fingerprint density at radius 1 is 1.19 bits per heavy atom. The summed E-state index contributed by atoms with van der Waals surface area (Å²) in [6.45, 7) is 8.77. The summed E-state index contributed by atoms with van der Waals surface area (Å²) < 4.78 is 2.07. The molecule has 2 rings (SSSR count). The van der Waals surface area contributed by atoms with Gasteiger partial charge in [-0.05, 0) is 29.5 Å². The molecule has 0 amide bonds. The first-order valence-electron chi connectivity index (χ1n) is 5.78. The summed E-state index contributed by atoms with van der Waals surface area (Å²) in [6.07, 6.45) is 1.78. The van der Waals surface area contributed by atoms with Gasteiger partial charge < -0.3 is 5.73 Å². The third-order valence-corrected chi connectivity index (χ3v) is 2.98. The van der Waals surface area contributed by atoms with Gasteiger partial charge in [0.05, 0.1) is 5.52 Å². The van der Waals surface area contributed by atoms with Gasteiger partial charge in [0.25, 0.3) is 0 Å². The number of fused-ring (bicyclic) bond motifs is 1. The lowest BCUT2D eigenvalue weighted by Crippen LogP contribution is -2.03. The van der Waals surface area contributed by atoms with Crippen LogP contribution in [0.2, 0.25) is 0 Å². The second-order valence-corrected chi connectivity index (χ2v) is 4.86. The first-order chi connectivity index (χ1) is 7.52. The maximum atomic E-state index is 5.96. The van der Waals surface area contributed by atoms with Crippen LogP contribution in [0.1, 0.15) is 50.8 Å². The van der Waals surface area contributed by atoms with Gasteiger partial charge in [-0.1, -0.05) is 27.7 Å². The number of nitrogens with zero attached hydrogens (tertiary/aromatic N) is 2. The molecule has 0 aliphatic carbocycles. The molecule has 0 saturated carbocycles. The van der Waals surface area contributed by atoms with Gasteiger partial charge in [-0.3, -0.25) is 4.40 Å². The molecule has 0 atom stereocenters. The van der Waals surface area contributed by atoms with Crippen LogP contribution in [-0.4, -0.2) is 9.38 Å². The van der Waals surface area contributed by atoms with Gasteiger partial charge in [-0.15, -0.1) is 0 Å². The maximum absolute atomic E-state index is 5.96. The highest BCUT2D eigenvalue weighted by Gasteiger charge is 2.15. The van der Waals surface area contributed by atoms with Crippen LogP contribution in [-0.2, 0) is 0 Å². The van der Waals surface area contributed by atoms with E-state index in [-0.39, 0.29) is 0 Å². The molecule has 86 valence electrons. The molecule has 2 aromatic rings. The number of nitrogens with two attached hydrogens (primary N) is 1. The summed E-state index contributed by atoms with van der Waals surface area (Å²) in [5.74, 6) is 1.53. The fourth-order valence-electron chi connectivity index (χ4n) is 2.12. The summed E-state index contributed by atoms with van der Waals surface area (Å²) in [5, 5.41) is 0. The van der Waals surface area contributed by atoms with Gasteiger partial charge in [0, 0.05) is 11.9 Å². The molecule has 2 heterocycles. The average Bonchev–Trinajstić information content (AvgIpc) is 2.58. The lowest BCUT2D eigenvalue weighted by Gasteiger charge is -2.07. The van der Waals surface area contributed by atoms with E-state index in [0.29, 0.717) is 17.8 Å². The second kappa shape index (κ2) is 3.81. The van der Waals surface area contributed by atoms with Crippen LogP contribution in [0.15, 0.2) is 18.3 Å². The van der Waals surface area contributed by atoms with E-state index in [4.69, 9.17) is 5.73 Å². The SMILES string of the molecule is CC(C)c1cc(C(C)C)n2c(N)nccc12. The third-order valence-electron chi connectivity index (χ3n) is 2.98. The fraction of sp³-hybridized carbons (Fsp3) is 0.462. The minimum atomic E-state index is 0.450. The van der Waals surface area contributed by atoms with Crippen LogP contribution in [0, 0.1) is 0 Å². The molecule has 0 fully saturated rings. The van der Waals surface area contributed by atoms with Crippen molar-refractivity contribution in [3.8, 4) is 0 Å². The normalized spacial score (nSPS) is 11.9. The quantitative estimate of drug-likeness (QED) is 0.839. The average molecular weight is 217 g/mol. The summed E-state index contributed by atoms with van der Waals surface area (Å²) in [6, 6.07) is 4.29. The van der Waals surface area contributed by atoms with Crippen molar-refractivity contribution in [3.05, 3.63) is 29.6 Å². The van der Waals surface area contributed by atoms with Crippen molar-refractivity contribution in [2.24, 2.45) is 0 Å². The van der Waals surface area contributed by atoms with Crippen LogP contribution in [0.4, 0.5) is 5.95 Å². The van der Waals surface area contributed by atoms with Crippen molar-refractivity contribution in [1.82, 2.24) is 9.38 Å². The second-order valence-electron chi connectivity index (χ2n) is 4.86. The van der Waals surface area contributed by atoms with Crippen LogP contribution in [0.3, 0.4) is 0 Å². The van der Waals surface area contributed by atoms with Crippen LogP contribution in [0.25, 0.3) is 5.52 Å². The molecule has 2 N–H and O–H groups in total. The highest BCUT2D eigenvalue weighted by molar-refractivity contribution is 5.61. The van der Waals surface area contributed by atoms with E-state index >= 15 is 0 Å². The molecule has 3 heteroatoms. The molecule has 16 heavy (non-hydrogen) atoms. The standard InChI is InChI=1S/C13H19N3/c1-8(2)10-7-12(9(3)4)16-11(10)5-6-15-13(16)14/h5-9H,1-4H3,(H2,14,15). The molecular weight excluding hydrogens is 198 g/mol. The van der Waals surface area contributed by atoms with Crippen LogP contribution in [0.5, 0.6) is 0 Å². The van der Waals surface area contributed by atoms with Crippen molar-refractivity contribution in [1.29, 1.82) is 0 Å². The van der Waals surface area contributed by atoms with E-state index in [0.717, 1.165) is 0 Å². The molecule has 0 radical (unpaired) electrons. The summed E-state index contributed by atoms with van der Waals surface area (Å²) in [5.41, 5.74) is 9.73. The number of hydrogen-bond acceptors (Lipinski definition) is 2. The highest BCUT2D eigenvalue weighted by Crippen LogP contribution is 2.29.